The molecule has 3 aromatic carbocycles. The van der Waals surface area contributed by atoms with Crippen LogP contribution in [0.15, 0.2) is 54.6 Å². The zero-order valence-corrected chi connectivity index (χ0v) is 11.5. The number of hydrogen-bond acceptors (Lipinski definition) is 2. The van der Waals surface area contributed by atoms with Gasteiger partial charge in [0.05, 0.1) is 16.7 Å². The molecule has 0 saturated heterocycles. The van der Waals surface area contributed by atoms with E-state index in [0.717, 1.165) is 38.3 Å². The molecule has 0 fully saturated rings. The third-order valence-electron chi connectivity index (χ3n) is 3.88. The smallest absolute Gasteiger partial charge is 0.124 e. The van der Waals surface area contributed by atoms with Crippen molar-refractivity contribution < 1.29 is 4.39 Å². The number of hydrogen-bond donors (Lipinski definition) is 1. The third kappa shape index (κ3) is 1.74. The highest BCUT2D eigenvalue weighted by molar-refractivity contribution is 6.15. The molecule has 0 aliphatic carbocycles. The van der Waals surface area contributed by atoms with Gasteiger partial charge in [-0.2, -0.15) is 0 Å². The summed E-state index contributed by atoms with van der Waals surface area (Å²) in [5, 5.41) is 7.28. The number of anilines is 1. The van der Waals surface area contributed by atoms with Gasteiger partial charge in [-0.15, -0.1) is 0 Å². The standard InChI is InChI=1S/C18H13FN2/c1-20-17-14-8-6-11-4-2-3-5-13(11)18(14)21-16-9-7-12(19)10-15(16)17/h2-10H,1H3,(H,20,21). The molecule has 21 heavy (non-hydrogen) atoms. The highest BCUT2D eigenvalue weighted by Gasteiger charge is 2.11. The lowest BCUT2D eigenvalue weighted by Crippen LogP contribution is -1.95. The van der Waals surface area contributed by atoms with E-state index in [-0.39, 0.29) is 5.82 Å². The zero-order valence-electron chi connectivity index (χ0n) is 11.5. The summed E-state index contributed by atoms with van der Waals surface area (Å²) in [6.45, 7) is 0. The van der Waals surface area contributed by atoms with E-state index in [1.165, 1.54) is 12.1 Å². The van der Waals surface area contributed by atoms with Gasteiger partial charge in [-0.05, 0) is 23.6 Å². The van der Waals surface area contributed by atoms with Crippen molar-refractivity contribution in [3.8, 4) is 0 Å². The molecule has 0 aliphatic heterocycles. The number of aromatic nitrogens is 1. The van der Waals surface area contributed by atoms with E-state index >= 15 is 0 Å². The molecule has 0 aliphatic rings. The Labute approximate surface area is 121 Å². The molecule has 3 heteroatoms. The molecule has 0 amide bonds. The Hall–Kier alpha value is -2.68. The second kappa shape index (κ2) is 4.42. The van der Waals surface area contributed by atoms with Crippen LogP contribution in [0.2, 0.25) is 0 Å². The van der Waals surface area contributed by atoms with E-state index in [4.69, 9.17) is 4.98 Å². The minimum Gasteiger partial charge on any atom is -0.387 e. The molecular weight excluding hydrogens is 263 g/mol. The van der Waals surface area contributed by atoms with Crippen LogP contribution in [0.3, 0.4) is 0 Å². The number of benzene rings is 3. The number of pyridine rings is 1. The van der Waals surface area contributed by atoms with Gasteiger partial charge in [0.2, 0.25) is 0 Å². The summed E-state index contributed by atoms with van der Waals surface area (Å²) in [5.74, 6) is -0.249. The summed E-state index contributed by atoms with van der Waals surface area (Å²) in [6.07, 6.45) is 0. The van der Waals surface area contributed by atoms with Gasteiger partial charge < -0.3 is 5.32 Å². The van der Waals surface area contributed by atoms with E-state index in [2.05, 4.69) is 23.5 Å². The van der Waals surface area contributed by atoms with Gasteiger partial charge in [-0.1, -0.05) is 36.4 Å². The molecule has 102 valence electrons. The van der Waals surface area contributed by atoms with Gasteiger partial charge in [-0.3, -0.25) is 0 Å². The Morgan fingerprint density at radius 3 is 2.62 bits per heavy atom. The van der Waals surface area contributed by atoms with E-state index in [0.29, 0.717) is 0 Å². The molecule has 0 saturated carbocycles. The average Bonchev–Trinajstić information content (AvgIpc) is 2.52. The molecule has 0 spiro atoms. The molecule has 4 rings (SSSR count). The minimum atomic E-state index is -0.249. The van der Waals surface area contributed by atoms with Crippen molar-refractivity contribution in [1.82, 2.24) is 4.98 Å². The predicted molar refractivity (Wildman–Crippen MR) is 86.3 cm³/mol. The first-order chi connectivity index (χ1) is 10.3. The van der Waals surface area contributed by atoms with Gasteiger partial charge in [0.1, 0.15) is 5.82 Å². The zero-order chi connectivity index (χ0) is 14.4. The molecule has 1 N–H and O–H groups in total. The second-order valence-corrected chi connectivity index (χ2v) is 5.08. The lowest BCUT2D eigenvalue weighted by Gasteiger charge is -2.12. The molecule has 0 radical (unpaired) electrons. The monoisotopic (exact) mass is 276 g/mol. The first kappa shape index (κ1) is 12.1. The predicted octanol–water partition coefficient (Wildman–Crippen LogP) is 4.72. The van der Waals surface area contributed by atoms with Crippen molar-refractivity contribution in [2.45, 2.75) is 0 Å². The summed E-state index contributed by atoms with van der Waals surface area (Å²) < 4.78 is 13.6. The number of halogens is 1. The molecule has 0 bridgehead atoms. The lowest BCUT2D eigenvalue weighted by molar-refractivity contribution is 0.629. The average molecular weight is 276 g/mol. The van der Waals surface area contributed by atoms with E-state index < -0.39 is 0 Å². The fourth-order valence-corrected chi connectivity index (χ4v) is 2.92. The molecule has 0 unspecified atom stereocenters. The summed E-state index contributed by atoms with van der Waals surface area (Å²) in [5.41, 5.74) is 2.65. The van der Waals surface area contributed by atoms with Crippen LogP contribution in [0.1, 0.15) is 0 Å². The fraction of sp³-hybridized carbons (Fsp3) is 0.0556. The van der Waals surface area contributed by atoms with Crippen LogP contribution in [-0.4, -0.2) is 12.0 Å². The molecule has 1 aromatic heterocycles. The maximum absolute atomic E-state index is 13.6. The van der Waals surface area contributed by atoms with Crippen LogP contribution < -0.4 is 5.32 Å². The highest BCUT2D eigenvalue weighted by atomic mass is 19.1. The van der Waals surface area contributed by atoms with E-state index in [9.17, 15) is 4.39 Å². The molecule has 1 heterocycles. The maximum atomic E-state index is 13.6. The van der Waals surface area contributed by atoms with Crippen molar-refractivity contribution >= 4 is 38.3 Å². The minimum absolute atomic E-state index is 0.249. The quantitative estimate of drug-likeness (QED) is 0.402. The Bertz CT molecular complexity index is 992. The summed E-state index contributed by atoms with van der Waals surface area (Å²) in [7, 11) is 1.86. The summed E-state index contributed by atoms with van der Waals surface area (Å²) >= 11 is 0. The Morgan fingerprint density at radius 1 is 0.905 bits per heavy atom. The number of rotatable bonds is 1. The molecular formula is C18H13FN2. The lowest BCUT2D eigenvalue weighted by atomic mass is 10.0. The van der Waals surface area contributed by atoms with E-state index in [1.807, 2.05) is 25.2 Å². The van der Waals surface area contributed by atoms with Crippen molar-refractivity contribution in [3.63, 3.8) is 0 Å². The largest absolute Gasteiger partial charge is 0.387 e. The van der Waals surface area contributed by atoms with Gasteiger partial charge >= 0.3 is 0 Å². The van der Waals surface area contributed by atoms with Crippen LogP contribution in [0.25, 0.3) is 32.6 Å². The Balaban J connectivity index is 2.28. The Kier molecular flexibility index (Phi) is 2.54. The van der Waals surface area contributed by atoms with Crippen molar-refractivity contribution in [1.29, 1.82) is 0 Å². The van der Waals surface area contributed by atoms with Gasteiger partial charge in [0, 0.05) is 23.2 Å². The highest BCUT2D eigenvalue weighted by Crippen LogP contribution is 2.34. The molecule has 4 aromatic rings. The van der Waals surface area contributed by atoms with Crippen LogP contribution in [0.4, 0.5) is 10.1 Å². The van der Waals surface area contributed by atoms with Gasteiger partial charge in [0.25, 0.3) is 0 Å². The third-order valence-corrected chi connectivity index (χ3v) is 3.88. The van der Waals surface area contributed by atoms with Crippen molar-refractivity contribution in [2.24, 2.45) is 0 Å². The SMILES string of the molecule is CNc1c2cc(F)ccc2nc2c1ccc1ccccc12. The molecule has 0 atom stereocenters. The summed E-state index contributed by atoms with van der Waals surface area (Å²) in [6, 6.07) is 17.0. The molecule has 2 nitrogen and oxygen atoms in total. The van der Waals surface area contributed by atoms with Crippen LogP contribution in [-0.2, 0) is 0 Å². The van der Waals surface area contributed by atoms with Crippen molar-refractivity contribution in [2.75, 3.05) is 12.4 Å². The Morgan fingerprint density at radius 2 is 1.76 bits per heavy atom. The number of fused-ring (bicyclic) bond motifs is 4. The van der Waals surface area contributed by atoms with Crippen molar-refractivity contribution in [3.05, 3.63) is 60.4 Å². The fourth-order valence-electron chi connectivity index (χ4n) is 2.92. The normalized spacial score (nSPS) is 11.3. The van der Waals surface area contributed by atoms with Gasteiger partial charge in [-0.25, -0.2) is 9.37 Å². The summed E-state index contributed by atoms with van der Waals surface area (Å²) in [4.78, 5) is 4.75. The van der Waals surface area contributed by atoms with Gasteiger partial charge in [0.15, 0.2) is 0 Å². The second-order valence-electron chi connectivity index (χ2n) is 5.08. The topological polar surface area (TPSA) is 24.9 Å². The van der Waals surface area contributed by atoms with Crippen LogP contribution >= 0.6 is 0 Å². The van der Waals surface area contributed by atoms with Crippen LogP contribution in [0, 0.1) is 5.82 Å². The number of nitrogens with one attached hydrogen (secondary N) is 1. The van der Waals surface area contributed by atoms with Crippen LogP contribution in [0.5, 0.6) is 0 Å². The maximum Gasteiger partial charge on any atom is 0.124 e. The first-order valence-electron chi connectivity index (χ1n) is 6.86. The first-order valence-corrected chi connectivity index (χ1v) is 6.86. The number of nitrogens with zero attached hydrogens (tertiary/aromatic N) is 1. The van der Waals surface area contributed by atoms with E-state index in [1.54, 1.807) is 6.07 Å².